The van der Waals surface area contributed by atoms with Crippen LogP contribution in [0.3, 0.4) is 0 Å². The predicted molar refractivity (Wildman–Crippen MR) is 96.0 cm³/mol. The van der Waals surface area contributed by atoms with Crippen LogP contribution in [-0.4, -0.2) is 28.4 Å². The third-order valence-corrected chi connectivity index (χ3v) is 4.68. The Balaban J connectivity index is 1.67. The summed E-state index contributed by atoms with van der Waals surface area (Å²) in [5.74, 6) is 0.963. The summed E-state index contributed by atoms with van der Waals surface area (Å²) < 4.78 is 5.44. The maximum atomic E-state index is 9.05. The Bertz CT molecular complexity index is 974. The highest BCUT2D eigenvalue weighted by molar-refractivity contribution is 5.66. The molecular weight excluding hydrogens is 328 g/mol. The van der Waals surface area contributed by atoms with E-state index in [1.807, 2.05) is 18.2 Å². The van der Waals surface area contributed by atoms with Crippen LogP contribution in [0.15, 0.2) is 47.0 Å². The van der Waals surface area contributed by atoms with Gasteiger partial charge in [0.15, 0.2) is 0 Å². The van der Waals surface area contributed by atoms with Gasteiger partial charge >= 0.3 is 0 Å². The summed E-state index contributed by atoms with van der Waals surface area (Å²) >= 11 is 0. The van der Waals surface area contributed by atoms with E-state index in [0.29, 0.717) is 23.8 Å². The molecule has 1 heterocycles. The van der Waals surface area contributed by atoms with Gasteiger partial charge in [0.2, 0.25) is 5.82 Å². The summed E-state index contributed by atoms with van der Waals surface area (Å²) in [6, 6.07) is 15.6. The van der Waals surface area contributed by atoms with E-state index in [4.69, 9.17) is 14.9 Å². The van der Waals surface area contributed by atoms with Crippen molar-refractivity contribution >= 4 is 0 Å². The number of aliphatic hydroxyl groups is 1. The molecule has 6 heteroatoms. The molecule has 0 radical (unpaired) electrons. The largest absolute Gasteiger partial charge is 0.395 e. The minimum absolute atomic E-state index is 0.126. The molecule has 1 aromatic heterocycles. The number of hydrogen-bond acceptors (Lipinski definition) is 6. The summed E-state index contributed by atoms with van der Waals surface area (Å²) in [7, 11) is 0. The summed E-state index contributed by atoms with van der Waals surface area (Å²) in [5, 5.41) is 25.6. The van der Waals surface area contributed by atoms with Gasteiger partial charge in [0.25, 0.3) is 5.89 Å². The third kappa shape index (κ3) is 2.99. The molecule has 1 aliphatic carbocycles. The monoisotopic (exact) mass is 346 g/mol. The molecule has 0 bridgehead atoms. The van der Waals surface area contributed by atoms with Gasteiger partial charge in [-0.05, 0) is 42.2 Å². The summed E-state index contributed by atoms with van der Waals surface area (Å²) in [6.45, 7) is 0.706. The number of nitrogens with zero attached hydrogens (tertiary/aromatic N) is 3. The lowest BCUT2D eigenvalue weighted by atomic mass is 10.0. The normalized spacial score (nSPS) is 15.6. The van der Waals surface area contributed by atoms with Gasteiger partial charge < -0.3 is 14.9 Å². The number of nitriles is 1. The summed E-state index contributed by atoms with van der Waals surface area (Å²) in [5.41, 5.74) is 4.72. The second kappa shape index (κ2) is 7.08. The average Bonchev–Trinajstić information content (AvgIpc) is 3.33. The van der Waals surface area contributed by atoms with Crippen LogP contribution in [0.1, 0.15) is 29.2 Å². The Kier molecular flexibility index (Phi) is 4.48. The van der Waals surface area contributed by atoms with Crippen LogP contribution in [0.25, 0.3) is 22.8 Å². The molecule has 0 spiro atoms. The Morgan fingerprint density at radius 3 is 3.00 bits per heavy atom. The minimum Gasteiger partial charge on any atom is -0.395 e. The molecule has 3 aromatic rings. The van der Waals surface area contributed by atoms with Crippen molar-refractivity contribution in [2.75, 3.05) is 13.2 Å². The lowest BCUT2D eigenvalue weighted by Gasteiger charge is -2.13. The Morgan fingerprint density at radius 1 is 1.27 bits per heavy atom. The summed E-state index contributed by atoms with van der Waals surface area (Å²) in [6.07, 6.45) is 1.92. The quantitative estimate of drug-likeness (QED) is 0.738. The lowest BCUT2D eigenvalue weighted by molar-refractivity contribution is 0.284. The molecule has 1 unspecified atom stereocenters. The van der Waals surface area contributed by atoms with E-state index in [1.165, 1.54) is 11.1 Å². The predicted octanol–water partition coefficient (Wildman–Crippen LogP) is 2.84. The molecule has 26 heavy (non-hydrogen) atoms. The standard InChI is InChI=1S/C20H18N4O2/c21-12-13-3-1-4-14(11-13)20-23-19(24-26-20)17-6-2-5-16-15(17)7-8-18(16)22-9-10-25/h1-6,11,18,22,25H,7-10H2. The first-order valence-electron chi connectivity index (χ1n) is 8.61. The summed E-state index contributed by atoms with van der Waals surface area (Å²) in [4.78, 5) is 4.54. The first-order valence-corrected chi connectivity index (χ1v) is 8.61. The number of nitrogens with one attached hydrogen (secondary N) is 1. The zero-order valence-electron chi connectivity index (χ0n) is 14.1. The Morgan fingerprint density at radius 2 is 2.15 bits per heavy atom. The molecule has 0 aliphatic heterocycles. The topological polar surface area (TPSA) is 95.0 Å². The molecule has 0 saturated carbocycles. The van der Waals surface area contributed by atoms with Crippen molar-refractivity contribution < 1.29 is 9.63 Å². The van der Waals surface area contributed by atoms with Crippen molar-refractivity contribution in [1.29, 1.82) is 5.26 Å². The van der Waals surface area contributed by atoms with Crippen molar-refractivity contribution in [3.05, 3.63) is 59.2 Å². The first-order chi connectivity index (χ1) is 12.8. The van der Waals surface area contributed by atoms with Gasteiger partial charge in [0.05, 0.1) is 18.2 Å². The number of benzene rings is 2. The van der Waals surface area contributed by atoms with Gasteiger partial charge in [0, 0.05) is 23.7 Å². The molecule has 6 nitrogen and oxygen atoms in total. The zero-order chi connectivity index (χ0) is 17.9. The molecule has 1 aliphatic rings. The number of aliphatic hydroxyl groups excluding tert-OH is 1. The molecule has 2 N–H and O–H groups in total. The van der Waals surface area contributed by atoms with Crippen LogP contribution >= 0.6 is 0 Å². The molecule has 2 aromatic carbocycles. The second-order valence-corrected chi connectivity index (χ2v) is 6.26. The highest BCUT2D eigenvalue weighted by atomic mass is 16.5. The average molecular weight is 346 g/mol. The number of hydrogen-bond donors (Lipinski definition) is 2. The van der Waals surface area contributed by atoms with Crippen LogP contribution < -0.4 is 5.32 Å². The SMILES string of the molecule is N#Cc1cccc(-c2nc(-c3cccc4c3CCC4NCCO)no2)c1. The van der Waals surface area contributed by atoms with E-state index in [9.17, 15) is 0 Å². The maximum Gasteiger partial charge on any atom is 0.258 e. The fourth-order valence-corrected chi connectivity index (χ4v) is 3.49. The van der Waals surface area contributed by atoms with Crippen molar-refractivity contribution in [3.8, 4) is 28.9 Å². The van der Waals surface area contributed by atoms with Gasteiger partial charge in [-0.1, -0.05) is 29.4 Å². The van der Waals surface area contributed by atoms with E-state index in [1.54, 1.807) is 18.2 Å². The van der Waals surface area contributed by atoms with Crippen molar-refractivity contribution in [1.82, 2.24) is 15.5 Å². The van der Waals surface area contributed by atoms with Crippen molar-refractivity contribution in [3.63, 3.8) is 0 Å². The number of aromatic nitrogens is 2. The van der Waals surface area contributed by atoms with Gasteiger partial charge in [-0.2, -0.15) is 10.2 Å². The smallest absolute Gasteiger partial charge is 0.258 e. The van der Waals surface area contributed by atoms with Crippen LogP contribution in [0, 0.1) is 11.3 Å². The Labute approximate surface area is 151 Å². The number of fused-ring (bicyclic) bond motifs is 1. The fraction of sp³-hybridized carbons (Fsp3) is 0.250. The molecule has 0 fully saturated rings. The van der Waals surface area contributed by atoms with Crippen LogP contribution in [0.5, 0.6) is 0 Å². The molecule has 0 saturated heterocycles. The third-order valence-electron chi connectivity index (χ3n) is 4.68. The molecule has 1 atom stereocenters. The highest BCUT2D eigenvalue weighted by Crippen LogP contribution is 2.37. The van der Waals surface area contributed by atoms with E-state index < -0.39 is 0 Å². The van der Waals surface area contributed by atoms with E-state index in [0.717, 1.165) is 24.0 Å². The molecular formula is C20H18N4O2. The highest BCUT2D eigenvalue weighted by Gasteiger charge is 2.26. The maximum absolute atomic E-state index is 9.05. The molecule has 0 amide bonds. The van der Waals surface area contributed by atoms with Gasteiger partial charge in [0.1, 0.15) is 0 Å². The number of rotatable bonds is 5. The molecule has 4 rings (SSSR count). The lowest BCUT2D eigenvalue weighted by Crippen LogP contribution is -2.22. The Hall–Kier alpha value is -3.01. The van der Waals surface area contributed by atoms with E-state index >= 15 is 0 Å². The van der Waals surface area contributed by atoms with E-state index in [-0.39, 0.29) is 12.6 Å². The fourth-order valence-electron chi connectivity index (χ4n) is 3.49. The second-order valence-electron chi connectivity index (χ2n) is 6.26. The van der Waals surface area contributed by atoms with Gasteiger partial charge in [-0.3, -0.25) is 0 Å². The van der Waals surface area contributed by atoms with Crippen LogP contribution in [0.4, 0.5) is 0 Å². The van der Waals surface area contributed by atoms with Crippen molar-refractivity contribution in [2.24, 2.45) is 0 Å². The van der Waals surface area contributed by atoms with E-state index in [2.05, 4.69) is 27.6 Å². The zero-order valence-corrected chi connectivity index (χ0v) is 14.1. The van der Waals surface area contributed by atoms with Crippen molar-refractivity contribution in [2.45, 2.75) is 18.9 Å². The van der Waals surface area contributed by atoms with Crippen LogP contribution in [0.2, 0.25) is 0 Å². The minimum atomic E-state index is 0.126. The van der Waals surface area contributed by atoms with Gasteiger partial charge in [-0.15, -0.1) is 0 Å². The van der Waals surface area contributed by atoms with Crippen LogP contribution in [-0.2, 0) is 6.42 Å². The first kappa shape index (κ1) is 16.5. The molecule has 130 valence electrons. The van der Waals surface area contributed by atoms with Gasteiger partial charge in [-0.25, -0.2) is 0 Å².